The third-order valence-electron chi connectivity index (χ3n) is 3.24. The van der Waals surface area contributed by atoms with E-state index in [1.165, 1.54) is 0 Å². The van der Waals surface area contributed by atoms with Crippen LogP contribution in [0.25, 0.3) is 0 Å². The van der Waals surface area contributed by atoms with Gasteiger partial charge in [0.1, 0.15) is 5.75 Å². The maximum atomic E-state index is 10.7. The fraction of sp³-hybridized carbons (Fsp3) is 0.176. The number of hydrogen-bond donors (Lipinski definition) is 1. The van der Waals surface area contributed by atoms with Gasteiger partial charge in [-0.3, -0.25) is 0 Å². The number of para-hydroxylation sites is 1. The molecule has 1 heterocycles. The Bertz CT molecular complexity index is 637. The molecule has 1 aliphatic rings. The molecule has 0 fully saturated rings. The highest BCUT2D eigenvalue weighted by Crippen LogP contribution is 2.36. The summed E-state index contributed by atoms with van der Waals surface area (Å²) >= 11 is 0. The van der Waals surface area contributed by atoms with Crippen molar-refractivity contribution in [3.63, 3.8) is 0 Å². The van der Waals surface area contributed by atoms with Gasteiger partial charge in [-0.05, 0) is 18.2 Å². The fourth-order valence-electron chi connectivity index (χ4n) is 2.20. The summed E-state index contributed by atoms with van der Waals surface area (Å²) in [7, 11) is 0. The number of ether oxygens (including phenoxy) is 1. The predicted molar refractivity (Wildman–Crippen MR) is 73.8 cm³/mol. The van der Waals surface area contributed by atoms with E-state index in [1.54, 1.807) is 0 Å². The molecule has 1 atom stereocenters. The molecule has 0 bridgehead atoms. The number of hydrogen-bond acceptors (Lipinski definition) is 2. The monoisotopic (exact) mass is 250 g/mol. The molecule has 2 aromatic rings. The molecule has 0 saturated carbocycles. The van der Waals surface area contributed by atoms with Gasteiger partial charge in [0, 0.05) is 17.5 Å². The topological polar surface area (TPSA) is 29.5 Å². The number of benzene rings is 2. The Labute approximate surface area is 112 Å². The quantitative estimate of drug-likeness (QED) is 0.728. The maximum Gasteiger partial charge on any atom is 0.158 e. The zero-order chi connectivity index (χ0) is 13.1. The van der Waals surface area contributed by atoms with Gasteiger partial charge in [0.2, 0.25) is 0 Å². The lowest BCUT2D eigenvalue weighted by molar-refractivity contribution is 0.0512. The van der Waals surface area contributed by atoms with Gasteiger partial charge in [-0.1, -0.05) is 48.2 Å². The zero-order valence-corrected chi connectivity index (χ0v) is 10.5. The normalized spacial score (nSPS) is 20.7. The number of rotatable bonds is 0. The molecule has 1 N–H and O–H groups in total. The third kappa shape index (κ3) is 2.33. The zero-order valence-electron chi connectivity index (χ0n) is 10.5. The highest BCUT2D eigenvalue weighted by Gasteiger charge is 2.33. The third-order valence-corrected chi connectivity index (χ3v) is 3.24. The minimum Gasteiger partial charge on any atom is -0.493 e. The van der Waals surface area contributed by atoms with E-state index >= 15 is 0 Å². The second kappa shape index (κ2) is 4.79. The molecule has 0 saturated heterocycles. The van der Waals surface area contributed by atoms with Crippen LogP contribution in [0.3, 0.4) is 0 Å². The highest BCUT2D eigenvalue weighted by molar-refractivity contribution is 5.46. The molecule has 19 heavy (non-hydrogen) atoms. The van der Waals surface area contributed by atoms with Crippen LogP contribution in [0.5, 0.6) is 5.75 Å². The van der Waals surface area contributed by atoms with E-state index in [0.717, 1.165) is 16.9 Å². The summed E-state index contributed by atoms with van der Waals surface area (Å²) in [6.07, 6.45) is 0.490. The SMILES string of the molecule is OC1(C#Cc2ccccc2)CCOc2ccccc21. The van der Waals surface area contributed by atoms with Gasteiger partial charge in [-0.25, -0.2) is 0 Å². The van der Waals surface area contributed by atoms with Crippen molar-refractivity contribution in [1.82, 2.24) is 0 Å². The minimum atomic E-state index is -1.12. The lowest BCUT2D eigenvalue weighted by atomic mass is 9.88. The van der Waals surface area contributed by atoms with Crippen LogP contribution in [0.2, 0.25) is 0 Å². The van der Waals surface area contributed by atoms with Gasteiger partial charge in [0.25, 0.3) is 0 Å². The van der Waals surface area contributed by atoms with Crippen molar-refractivity contribution in [1.29, 1.82) is 0 Å². The summed E-state index contributed by atoms with van der Waals surface area (Å²) in [4.78, 5) is 0. The van der Waals surface area contributed by atoms with Gasteiger partial charge in [0.15, 0.2) is 5.60 Å². The summed E-state index contributed by atoms with van der Waals surface area (Å²) < 4.78 is 5.54. The molecule has 2 aromatic carbocycles. The minimum absolute atomic E-state index is 0.483. The van der Waals surface area contributed by atoms with Gasteiger partial charge >= 0.3 is 0 Å². The summed E-state index contributed by atoms with van der Waals surface area (Å²) in [5.41, 5.74) is 0.537. The molecule has 0 amide bonds. The molecule has 1 unspecified atom stereocenters. The van der Waals surface area contributed by atoms with Crippen LogP contribution in [0.1, 0.15) is 17.5 Å². The molecular formula is C17H14O2. The van der Waals surface area contributed by atoms with Gasteiger partial charge in [-0.2, -0.15) is 0 Å². The smallest absolute Gasteiger partial charge is 0.158 e. The molecule has 2 nitrogen and oxygen atoms in total. The Morgan fingerprint density at radius 1 is 1.00 bits per heavy atom. The van der Waals surface area contributed by atoms with E-state index in [2.05, 4.69) is 11.8 Å². The average molecular weight is 250 g/mol. The van der Waals surface area contributed by atoms with Gasteiger partial charge < -0.3 is 9.84 Å². The Kier molecular flexibility index (Phi) is 2.98. The van der Waals surface area contributed by atoms with Crippen molar-refractivity contribution in [3.05, 3.63) is 65.7 Å². The van der Waals surface area contributed by atoms with E-state index < -0.39 is 5.60 Å². The van der Waals surface area contributed by atoms with E-state index in [4.69, 9.17) is 4.74 Å². The molecule has 0 aromatic heterocycles. The Hall–Kier alpha value is -2.24. The van der Waals surface area contributed by atoms with E-state index in [9.17, 15) is 5.11 Å². The molecule has 2 heteroatoms. The van der Waals surface area contributed by atoms with Crippen molar-refractivity contribution >= 4 is 0 Å². The molecule has 1 aliphatic heterocycles. The van der Waals surface area contributed by atoms with E-state index in [-0.39, 0.29) is 0 Å². The lowest BCUT2D eigenvalue weighted by Crippen LogP contribution is -2.31. The van der Waals surface area contributed by atoms with Crippen molar-refractivity contribution in [2.75, 3.05) is 6.61 Å². The highest BCUT2D eigenvalue weighted by atomic mass is 16.5. The van der Waals surface area contributed by atoms with Crippen LogP contribution in [0, 0.1) is 11.8 Å². The van der Waals surface area contributed by atoms with Crippen LogP contribution in [0.15, 0.2) is 54.6 Å². The molecule has 0 spiro atoms. The first-order valence-electron chi connectivity index (χ1n) is 6.31. The molecule has 0 radical (unpaired) electrons. The van der Waals surface area contributed by atoms with Crippen LogP contribution in [-0.4, -0.2) is 11.7 Å². The summed E-state index contributed by atoms with van der Waals surface area (Å²) in [6, 6.07) is 17.2. The summed E-state index contributed by atoms with van der Waals surface area (Å²) in [5.74, 6) is 6.76. The number of aliphatic hydroxyl groups is 1. The second-order valence-electron chi connectivity index (χ2n) is 4.57. The Balaban J connectivity index is 1.99. The molecule has 94 valence electrons. The van der Waals surface area contributed by atoms with Crippen molar-refractivity contribution < 1.29 is 9.84 Å². The maximum absolute atomic E-state index is 10.7. The first-order chi connectivity index (χ1) is 9.28. The summed E-state index contributed by atoms with van der Waals surface area (Å²) in [5, 5.41) is 10.7. The number of fused-ring (bicyclic) bond motifs is 1. The van der Waals surface area contributed by atoms with Crippen LogP contribution in [-0.2, 0) is 5.60 Å². The largest absolute Gasteiger partial charge is 0.493 e. The van der Waals surface area contributed by atoms with Crippen LogP contribution in [0.4, 0.5) is 0 Å². The summed E-state index contributed by atoms with van der Waals surface area (Å²) in [6.45, 7) is 0.483. The predicted octanol–water partition coefficient (Wildman–Crippen LogP) is 2.71. The van der Waals surface area contributed by atoms with Gasteiger partial charge in [0.05, 0.1) is 6.61 Å². The molecular weight excluding hydrogens is 236 g/mol. The Morgan fingerprint density at radius 2 is 1.74 bits per heavy atom. The van der Waals surface area contributed by atoms with Crippen molar-refractivity contribution in [2.24, 2.45) is 0 Å². The first kappa shape index (κ1) is 11.8. The first-order valence-corrected chi connectivity index (χ1v) is 6.31. The molecule has 3 rings (SSSR count). The average Bonchev–Trinajstić information content (AvgIpc) is 2.47. The van der Waals surface area contributed by atoms with Crippen molar-refractivity contribution in [2.45, 2.75) is 12.0 Å². The van der Waals surface area contributed by atoms with E-state index in [0.29, 0.717) is 13.0 Å². The fourth-order valence-corrected chi connectivity index (χ4v) is 2.20. The van der Waals surface area contributed by atoms with Gasteiger partial charge in [-0.15, -0.1) is 0 Å². The van der Waals surface area contributed by atoms with Crippen molar-refractivity contribution in [3.8, 4) is 17.6 Å². The lowest BCUT2D eigenvalue weighted by Gasteiger charge is -2.29. The standard InChI is InChI=1S/C17H14O2/c18-17(11-10-14-6-2-1-3-7-14)12-13-19-16-9-5-4-8-15(16)17/h1-9,18H,12-13H2. The second-order valence-corrected chi connectivity index (χ2v) is 4.57. The van der Waals surface area contributed by atoms with Crippen LogP contribution >= 0.6 is 0 Å². The molecule has 0 aliphatic carbocycles. The van der Waals surface area contributed by atoms with Crippen LogP contribution < -0.4 is 4.74 Å². The Morgan fingerprint density at radius 3 is 2.58 bits per heavy atom. The van der Waals surface area contributed by atoms with E-state index in [1.807, 2.05) is 54.6 Å².